The summed E-state index contributed by atoms with van der Waals surface area (Å²) in [7, 11) is 0. The molecule has 0 aliphatic heterocycles. The average molecular weight is 453 g/mol. The fourth-order valence-corrected chi connectivity index (χ4v) is 2.18. The molecule has 0 radical (unpaired) electrons. The minimum atomic E-state index is 0.549. The lowest BCUT2D eigenvalue weighted by Gasteiger charge is -2.09. The molecule has 0 aliphatic rings. The number of hydrogen-bond donors (Lipinski definition) is 0. The maximum absolute atomic E-state index is 5.48. The zero-order chi connectivity index (χ0) is 22.8. The van der Waals surface area contributed by atoms with Crippen molar-refractivity contribution in [3.8, 4) is 0 Å². The molecular weight excluding hydrogens is 404 g/mol. The predicted octanol–water partition coefficient (Wildman–Crippen LogP) is 2.82. The van der Waals surface area contributed by atoms with Gasteiger partial charge >= 0.3 is 0 Å². The predicted molar refractivity (Wildman–Crippen MR) is 121 cm³/mol. The van der Waals surface area contributed by atoms with Gasteiger partial charge in [-0.15, -0.1) is 0 Å². The van der Waals surface area contributed by atoms with Gasteiger partial charge in [0.15, 0.2) is 0 Å². The van der Waals surface area contributed by atoms with Gasteiger partial charge in [0.2, 0.25) is 0 Å². The van der Waals surface area contributed by atoms with E-state index < -0.39 is 0 Å². The summed E-state index contributed by atoms with van der Waals surface area (Å²) in [5.41, 5.74) is 0. The van der Waals surface area contributed by atoms with Crippen molar-refractivity contribution in [3.63, 3.8) is 0 Å². The van der Waals surface area contributed by atoms with Gasteiger partial charge in [-0.25, -0.2) is 0 Å². The second kappa shape index (κ2) is 25.9. The molecule has 0 amide bonds. The van der Waals surface area contributed by atoms with E-state index in [0.29, 0.717) is 104 Å². The molecule has 0 spiro atoms. The monoisotopic (exact) mass is 452 g/mol. The van der Waals surface area contributed by atoms with Crippen LogP contribution >= 0.6 is 0 Å². The van der Waals surface area contributed by atoms with E-state index in [-0.39, 0.29) is 0 Å². The van der Waals surface area contributed by atoms with Crippen molar-refractivity contribution in [1.29, 1.82) is 0 Å². The molecule has 0 heterocycles. The molecule has 0 unspecified atom stereocenters. The molecule has 0 fully saturated rings. The highest BCUT2D eigenvalue weighted by Crippen LogP contribution is 1.98. The number of ether oxygens (including phenoxy) is 8. The van der Waals surface area contributed by atoms with Crippen LogP contribution in [0.1, 0.15) is 34.1 Å². The van der Waals surface area contributed by atoms with Gasteiger partial charge < -0.3 is 37.9 Å². The molecule has 31 heavy (non-hydrogen) atoms. The highest BCUT2D eigenvalue weighted by atomic mass is 16.6. The molecule has 188 valence electrons. The van der Waals surface area contributed by atoms with Crippen molar-refractivity contribution in [2.75, 3.05) is 106 Å². The van der Waals surface area contributed by atoms with E-state index in [0.717, 1.165) is 19.6 Å². The zero-order valence-corrected chi connectivity index (χ0v) is 20.4. The van der Waals surface area contributed by atoms with Crippen LogP contribution < -0.4 is 0 Å². The summed E-state index contributed by atoms with van der Waals surface area (Å²) < 4.78 is 43.5. The molecule has 8 heteroatoms. The van der Waals surface area contributed by atoms with Crippen molar-refractivity contribution >= 4 is 0 Å². The van der Waals surface area contributed by atoms with E-state index in [1.54, 1.807) is 0 Å². The van der Waals surface area contributed by atoms with Crippen molar-refractivity contribution < 1.29 is 37.9 Å². The second-order valence-corrected chi connectivity index (χ2v) is 7.94. The Bertz CT molecular complexity index is 299. The first-order valence-electron chi connectivity index (χ1n) is 11.7. The summed E-state index contributed by atoms with van der Waals surface area (Å²) in [5.74, 6) is 1.24. The first kappa shape index (κ1) is 30.7. The molecule has 0 aromatic carbocycles. The van der Waals surface area contributed by atoms with Crippen molar-refractivity contribution in [2.45, 2.75) is 34.1 Å². The summed E-state index contributed by atoms with van der Waals surface area (Å²) in [6.45, 7) is 18.3. The van der Waals surface area contributed by atoms with Crippen LogP contribution in [0.3, 0.4) is 0 Å². The summed E-state index contributed by atoms with van der Waals surface area (Å²) in [6, 6.07) is 0. The Morgan fingerprint density at radius 3 is 0.839 bits per heavy atom. The van der Waals surface area contributed by atoms with Crippen LogP contribution in [0.15, 0.2) is 0 Å². The zero-order valence-electron chi connectivity index (χ0n) is 20.4. The van der Waals surface area contributed by atoms with Crippen molar-refractivity contribution in [3.05, 3.63) is 0 Å². The summed E-state index contributed by atoms with van der Waals surface area (Å²) in [4.78, 5) is 0. The Kier molecular flexibility index (Phi) is 25.7. The van der Waals surface area contributed by atoms with Crippen LogP contribution in [0.2, 0.25) is 0 Å². The summed E-state index contributed by atoms with van der Waals surface area (Å²) in [6.07, 6.45) is 1.09. The van der Waals surface area contributed by atoms with Crippen LogP contribution in [-0.2, 0) is 37.9 Å². The van der Waals surface area contributed by atoms with E-state index in [2.05, 4.69) is 27.7 Å². The number of rotatable bonds is 26. The normalized spacial score (nSPS) is 11.8. The van der Waals surface area contributed by atoms with Gasteiger partial charge in [-0.05, 0) is 18.3 Å². The Balaban J connectivity index is 3.01. The molecule has 0 aromatic heterocycles. The lowest BCUT2D eigenvalue weighted by atomic mass is 10.1. The second-order valence-electron chi connectivity index (χ2n) is 7.94. The number of hydrogen-bond acceptors (Lipinski definition) is 8. The average Bonchev–Trinajstić information content (AvgIpc) is 2.73. The molecule has 0 atom stereocenters. The lowest BCUT2D eigenvalue weighted by Crippen LogP contribution is -2.15. The minimum absolute atomic E-state index is 0.549. The topological polar surface area (TPSA) is 73.8 Å². The molecule has 0 bridgehead atoms. The van der Waals surface area contributed by atoms with Gasteiger partial charge in [0.05, 0.1) is 92.5 Å². The van der Waals surface area contributed by atoms with Crippen LogP contribution in [0.4, 0.5) is 0 Å². The van der Waals surface area contributed by atoms with Crippen molar-refractivity contribution in [2.24, 2.45) is 11.8 Å². The van der Waals surface area contributed by atoms with Gasteiger partial charge in [-0.3, -0.25) is 0 Å². The fourth-order valence-electron chi connectivity index (χ4n) is 2.18. The van der Waals surface area contributed by atoms with Gasteiger partial charge in [0.25, 0.3) is 0 Å². The minimum Gasteiger partial charge on any atom is -0.379 e. The highest BCUT2D eigenvalue weighted by Gasteiger charge is 1.96. The van der Waals surface area contributed by atoms with Gasteiger partial charge in [-0.2, -0.15) is 0 Å². The van der Waals surface area contributed by atoms with E-state index in [1.165, 1.54) is 0 Å². The molecule has 0 N–H and O–H groups in total. The Morgan fingerprint density at radius 1 is 0.323 bits per heavy atom. The first-order valence-corrected chi connectivity index (χ1v) is 11.7. The molecule has 0 saturated heterocycles. The van der Waals surface area contributed by atoms with Gasteiger partial charge in [0.1, 0.15) is 0 Å². The Labute approximate surface area is 190 Å². The Morgan fingerprint density at radius 2 is 0.581 bits per heavy atom. The van der Waals surface area contributed by atoms with Crippen LogP contribution in [0.25, 0.3) is 0 Å². The van der Waals surface area contributed by atoms with E-state index in [9.17, 15) is 0 Å². The third-order valence-corrected chi connectivity index (χ3v) is 3.89. The third kappa shape index (κ3) is 29.7. The molecule has 0 rings (SSSR count). The van der Waals surface area contributed by atoms with Crippen LogP contribution in [0.5, 0.6) is 0 Å². The van der Waals surface area contributed by atoms with Gasteiger partial charge in [-0.1, -0.05) is 27.7 Å². The maximum Gasteiger partial charge on any atom is 0.0701 e. The summed E-state index contributed by atoms with van der Waals surface area (Å²) in [5, 5.41) is 0. The summed E-state index contributed by atoms with van der Waals surface area (Å²) >= 11 is 0. The molecule has 0 aliphatic carbocycles. The Hall–Kier alpha value is -0.320. The molecule has 0 saturated carbocycles. The first-order chi connectivity index (χ1) is 15.1. The molecule has 0 aromatic rings. The smallest absolute Gasteiger partial charge is 0.0701 e. The van der Waals surface area contributed by atoms with Crippen molar-refractivity contribution in [1.82, 2.24) is 0 Å². The van der Waals surface area contributed by atoms with Gasteiger partial charge in [0, 0.05) is 13.2 Å². The van der Waals surface area contributed by atoms with Crippen LogP contribution in [-0.4, -0.2) is 106 Å². The third-order valence-electron chi connectivity index (χ3n) is 3.89. The molecule has 8 nitrogen and oxygen atoms in total. The highest BCUT2D eigenvalue weighted by molar-refractivity contribution is 4.43. The fraction of sp³-hybridized carbons (Fsp3) is 1.00. The van der Waals surface area contributed by atoms with E-state index in [4.69, 9.17) is 37.9 Å². The lowest BCUT2D eigenvalue weighted by molar-refractivity contribution is -0.0238. The largest absolute Gasteiger partial charge is 0.379 e. The SMILES string of the molecule is CC(C)CCOCCOCCOCCOCCOCCOCCOCCOCC(C)C. The van der Waals surface area contributed by atoms with Crippen LogP contribution in [0, 0.1) is 11.8 Å². The van der Waals surface area contributed by atoms with E-state index in [1.807, 2.05) is 0 Å². The van der Waals surface area contributed by atoms with E-state index >= 15 is 0 Å². The maximum atomic E-state index is 5.48. The quantitative estimate of drug-likeness (QED) is 0.186. The molecular formula is C23H48O8. The standard InChI is InChI=1S/C23H48O8/c1-22(2)5-6-24-7-8-25-9-10-26-11-12-27-13-14-28-15-16-29-17-18-30-19-20-31-21-23(3)4/h22-23H,5-21H2,1-4H3.